The van der Waals surface area contributed by atoms with E-state index in [-0.39, 0.29) is 18.1 Å². The average Bonchev–Trinajstić information content (AvgIpc) is 2.41. The Bertz CT molecular complexity index is 439. The van der Waals surface area contributed by atoms with Gasteiger partial charge in [0.25, 0.3) is 0 Å². The summed E-state index contributed by atoms with van der Waals surface area (Å²) in [6.07, 6.45) is 0.140. The van der Waals surface area contributed by atoms with Crippen molar-refractivity contribution in [2.24, 2.45) is 5.73 Å². The molecule has 1 aromatic carbocycles. The first-order valence-electron chi connectivity index (χ1n) is 7.08. The second-order valence-electron chi connectivity index (χ2n) is 5.33. The van der Waals surface area contributed by atoms with E-state index >= 15 is 0 Å². The molecule has 110 valence electrons. The first-order valence-corrected chi connectivity index (χ1v) is 7.08. The maximum Gasteiger partial charge on any atom is 0.239 e. The Hall–Kier alpha value is -1.59. The molecule has 0 aromatic heterocycles. The zero-order chi connectivity index (χ0) is 14.5. The molecule has 2 rings (SSSR count). The van der Waals surface area contributed by atoms with Gasteiger partial charge in [0.2, 0.25) is 5.91 Å². The zero-order valence-electron chi connectivity index (χ0n) is 12.1. The lowest BCUT2D eigenvalue weighted by molar-refractivity contribution is -0.123. The quantitative estimate of drug-likeness (QED) is 0.839. The number of carbonyl (C=O) groups is 1. The maximum absolute atomic E-state index is 11.8. The van der Waals surface area contributed by atoms with Crippen LogP contribution >= 0.6 is 0 Å². The minimum atomic E-state index is -0.356. The van der Waals surface area contributed by atoms with E-state index in [4.69, 9.17) is 10.5 Å². The molecule has 3 N–H and O–H groups in total. The van der Waals surface area contributed by atoms with Crippen molar-refractivity contribution in [2.75, 3.05) is 26.2 Å². The van der Waals surface area contributed by atoms with Gasteiger partial charge in [0.15, 0.2) is 0 Å². The van der Waals surface area contributed by atoms with E-state index in [1.807, 2.05) is 38.1 Å². The van der Waals surface area contributed by atoms with Crippen molar-refractivity contribution < 1.29 is 9.53 Å². The SMILES string of the molecule is CC(C)Oc1ccc(C(C(N)=O)N2CCNCC2)cc1. The molecule has 5 nitrogen and oxygen atoms in total. The molecule has 0 bridgehead atoms. The van der Waals surface area contributed by atoms with Crippen molar-refractivity contribution in [2.45, 2.75) is 26.0 Å². The van der Waals surface area contributed by atoms with Crippen molar-refractivity contribution in [1.82, 2.24) is 10.2 Å². The number of nitrogens with one attached hydrogen (secondary N) is 1. The summed E-state index contributed by atoms with van der Waals surface area (Å²) in [5.41, 5.74) is 6.51. The summed E-state index contributed by atoms with van der Waals surface area (Å²) in [6, 6.07) is 7.29. The molecular weight excluding hydrogens is 254 g/mol. The van der Waals surface area contributed by atoms with Gasteiger partial charge in [-0.15, -0.1) is 0 Å². The maximum atomic E-state index is 11.8. The van der Waals surface area contributed by atoms with Gasteiger partial charge in [-0.3, -0.25) is 9.69 Å². The molecule has 1 unspecified atom stereocenters. The molecule has 1 aliphatic heterocycles. The highest BCUT2D eigenvalue weighted by Gasteiger charge is 2.26. The smallest absolute Gasteiger partial charge is 0.239 e. The zero-order valence-corrected chi connectivity index (χ0v) is 12.1. The van der Waals surface area contributed by atoms with Crippen LogP contribution in [0, 0.1) is 0 Å². The van der Waals surface area contributed by atoms with E-state index in [2.05, 4.69) is 10.2 Å². The number of carbonyl (C=O) groups excluding carboxylic acids is 1. The number of benzene rings is 1. The van der Waals surface area contributed by atoms with Crippen LogP contribution in [-0.2, 0) is 4.79 Å². The Morgan fingerprint density at radius 1 is 1.25 bits per heavy atom. The molecule has 1 amide bonds. The first-order chi connectivity index (χ1) is 9.58. The van der Waals surface area contributed by atoms with Crippen LogP contribution in [0.2, 0.25) is 0 Å². The second kappa shape index (κ2) is 6.72. The highest BCUT2D eigenvalue weighted by atomic mass is 16.5. The Morgan fingerprint density at radius 2 is 1.85 bits per heavy atom. The standard InChI is InChI=1S/C15H23N3O2/c1-11(2)20-13-5-3-12(4-6-13)14(15(16)19)18-9-7-17-8-10-18/h3-6,11,14,17H,7-10H2,1-2H3,(H2,16,19). The van der Waals surface area contributed by atoms with Crippen LogP contribution in [0.4, 0.5) is 0 Å². The summed E-state index contributed by atoms with van der Waals surface area (Å²) in [7, 11) is 0. The molecule has 0 aliphatic carbocycles. The number of rotatable bonds is 5. The molecular formula is C15H23N3O2. The molecule has 1 saturated heterocycles. The van der Waals surface area contributed by atoms with Gasteiger partial charge >= 0.3 is 0 Å². The predicted molar refractivity (Wildman–Crippen MR) is 78.6 cm³/mol. The van der Waals surface area contributed by atoms with Gasteiger partial charge in [-0.05, 0) is 31.5 Å². The van der Waals surface area contributed by atoms with Gasteiger partial charge in [-0.25, -0.2) is 0 Å². The summed E-state index contributed by atoms with van der Waals surface area (Å²) in [5.74, 6) is 0.511. The topological polar surface area (TPSA) is 67.6 Å². The first kappa shape index (κ1) is 14.8. The molecule has 0 radical (unpaired) electrons. The third-order valence-electron chi connectivity index (χ3n) is 3.35. The van der Waals surface area contributed by atoms with E-state index in [1.54, 1.807) is 0 Å². The molecule has 1 aliphatic rings. The Morgan fingerprint density at radius 3 is 2.35 bits per heavy atom. The molecule has 5 heteroatoms. The number of nitrogens with two attached hydrogens (primary N) is 1. The summed E-state index contributed by atoms with van der Waals surface area (Å²) in [4.78, 5) is 13.9. The monoisotopic (exact) mass is 277 g/mol. The van der Waals surface area contributed by atoms with Crippen LogP contribution in [0.5, 0.6) is 5.75 Å². The van der Waals surface area contributed by atoms with Crippen molar-refractivity contribution >= 4 is 5.91 Å². The van der Waals surface area contributed by atoms with Crippen LogP contribution < -0.4 is 15.8 Å². The summed E-state index contributed by atoms with van der Waals surface area (Å²) in [6.45, 7) is 7.41. The summed E-state index contributed by atoms with van der Waals surface area (Å²) >= 11 is 0. The van der Waals surface area contributed by atoms with Crippen molar-refractivity contribution in [3.63, 3.8) is 0 Å². The van der Waals surface area contributed by atoms with Gasteiger partial charge in [-0.2, -0.15) is 0 Å². The Labute approximate surface area is 120 Å². The van der Waals surface area contributed by atoms with Gasteiger partial charge in [0.1, 0.15) is 11.8 Å². The fraction of sp³-hybridized carbons (Fsp3) is 0.533. The van der Waals surface area contributed by atoms with E-state index < -0.39 is 0 Å². The van der Waals surface area contributed by atoms with Crippen LogP contribution in [0.3, 0.4) is 0 Å². The molecule has 0 saturated carbocycles. The third kappa shape index (κ3) is 3.71. The Kier molecular flexibility index (Phi) is 4.98. The van der Waals surface area contributed by atoms with Crippen LogP contribution in [0.25, 0.3) is 0 Å². The van der Waals surface area contributed by atoms with Gasteiger partial charge < -0.3 is 15.8 Å². The van der Waals surface area contributed by atoms with Crippen molar-refractivity contribution in [3.8, 4) is 5.75 Å². The van der Waals surface area contributed by atoms with Crippen LogP contribution in [0.1, 0.15) is 25.5 Å². The van der Waals surface area contributed by atoms with E-state index in [1.165, 1.54) is 0 Å². The van der Waals surface area contributed by atoms with Crippen molar-refractivity contribution in [3.05, 3.63) is 29.8 Å². The van der Waals surface area contributed by atoms with E-state index in [0.717, 1.165) is 37.5 Å². The lowest BCUT2D eigenvalue weighted by Gasteiger charge is -2.33. The number of primary amides is 1. The molecule has 1 aromatic rings. The van der Waals surface area contributed by atoms with E-state index in [9.17, 15) is 4.79 Å². The largest absolute Gasteiger partial charge is 0.491 e. The van der Waals surface area contributed by atoms with Gasteiger partial charge in [0, 0.05) is 26.2 Å². The highest BCUT2D eigenvalue weighted by molar-refractivity contribution is 5.81. The third-order valence-corrected chi connectivity index (χ3v) is 3.35. The molecule has 20 heavy (non-hydrogen) atoms. The fourth-order valence-corrected chi connectivity index (χ4v) is 2.50. The summed E-state index contributed by atoms with van der Waals surface area (Å²) < 4.78 is 5.62. The normalized spacial score (nSPS) is 17.9. The second-order valence-corrected chi connectivity index (χ2v) is 5.33. The van der Waals surface area contributed by atoms with Gasteiger partial charge in [-0.1, -0.05) is 12.1 Å². The number of nitrogens with zero attached hydrogens (tertiary/aromatic N) is 1. The molecule has 0 spiro atoms. The lowest BCUT2D eigenvalue weighted by atomic mass is 10.0. The van der Waals surface area contributed by atoms with Crippen LogP contribution in [-0.4, -0.2) is 43.1 Å². The van der Waals surface area contributed by atoms with Gasteiger partial charge in [0.05, 0.1) is 6.10 Å². The average molecular weight is 277 g/mol. The number of ether oxygens (including phenoxy) is 1. The lowest BCUT2D eigenvalue weighted by Crippen LogP contribution is -2.48. The number of amides is 1. The predicted octanol–water partition coefficient (Wildman–Crippen LogP) is 0.905. The highest BCUT2D eigenvalue weighted by Crippen LogP contribution is 2.23. The molecule has 1 atom stereocenters. The van der Waals surface area contributed by atoms with E-state index in [0.29, 0.717) is 0 Å². The fourth-order valence-electron chi connectivity index (χ4n) is 2.50. The molecule has 1 heterocycles. The van der Waals surface area contributed by atoms with Crippen LogP contribution in [0.15, 0.2) is 24.3 Å². The summed E-state index contributed by atoms with van der Waals surface area (Å²) in [5, 5.41) is 3.28. The minimum Gasteiger partial charge on any atom is -0.491 e. The molecule has 1 fully saturated rings. The van der Waals surface area contributed by atoms with Crippen molar-refractivity contribution in [1.29, 1.82) is 0 Å². The minimum absolute atomic E-state index is 0.140. The number of hydrogen-bond donors (Lipinski definition) is 2. The Balaban J connectivity index is 2.14. The number of piperazine rings is 1. The number of hydrogen-bond acceptors (Lipinski definition) is 4.